The first kappa shape index (κ1) is 13.0. The Morgan fingerprint density at radius 3 is 2.72 bits per heavy atom. The summed E-state index contributed by atoms with van der Waals surface area (Å²) in [6, 6.07) is 2.43. The topological polar surface area (TPSA) is 66.8 Å². The number of hydrogen-bond donors (Lipinski definition) is 2. The smallest absolute Gasteiger partial charge is 0.192 e. The van der Waals surface area contributed by atoms with E-state index in [0.29, 0.717) is 6.42 Å². The molecule has 0 saturated carbocycles. The molecule has 1 heterocycles. The van der Waals surface area contributed by atoms with Crippen molar-refractivity contribution >= 4 is 17.4 Å². The molecule has 98 valence electrons. The van der Waals surface area contributed by atoms with E-state index in [9.17, 15) is 15.0 Å². The van der Waals surface area contributed by atoms with Gasteiger partial charge >= 0.3 is 0 Å². The maximum Gasteiger partial charge on any atom is 0.192 e. The number of ketones is 1. The van der Waals surface area contributed by atoms with Crippen LogP contribution in [-0.4, -0.2) is 27.0 Å². The van der Waals surface area contributed by atoms with E-state index in [2.05, 4.69) is 0 Å². The number of halogens is 1. The fraction of sp³-hybridized carbons (Fsp3) is 0.462. The predicted octanol–water partition coefficient (Wildman–Crippen LogP) is 2.84. The summed E-state index contributed by atoms with van der Waals surface area (Å²) in [7, 11) is 0. The van der Waals surface area contributed by atoms with Gasteiger partial charge in [-0.3, -0.25) is 4.79 Å². The zero-order valence-corrected chi connectivity index (χ0v) is 11.0. The van der Waals surface area contributed by atoms with Gasteiger partial charge in [-0.15, -0.1) is 11.6 Å². The van der Waals surface area contributed by atoms with E-state index in [0.717, 1.165) is 12.5 Å². The van der Waals surface area contributed by atoms with E-state index < -0.39 is 11.0 Å². The van der Waals surface area contributed by atoms with Crippen LogP contribution < -0.4 is 4.74 Å². The second-order valence-electron chi connectivity index (χ2n) is 4.73. The van der Waals surface area contributed by atoms with Crippen LogP contribution in [0.25, 0.3) is 0 Å². The summed E-state index contributed by atoms with van der Waals surface area (Å²) in [4.78, 5) is 12.2. The van der Waals surface area contributed by atoms with Crippen LogP contribution in [0.3, 0.4) is 0 Å². The Kier molecular flexibility index (Phi) is 3.15. The molecule has 0 amide bonds. The summed E-state index contributed by atoms with van der Waals surface area (Å²) in [5.41, 5.74) is -0.776. The molecule has 1 aliphatic rings. The molecule has 0 fully saturated rings. The zero-order valence-electron chi connectivity index (χ0n) is 10.2. The number of aromatic hydroxyl groups is 2. The second-order valence-corrected chi connectivity index (χ2v) is 5.17. The lowest BCUT2D eigenvalue weighted by atomic mass is 9.87. The standard InChI is InChI=1S/C13H15ClO4/c1-3-4-13(2)12(14)11(17)10-8(16)5-7(15)6-9(10)18-13/h5-6,12,15-16H,3-4H2,1-2H3. The Labute approximate surface area is 110 Å². The summed E-state index contributed by atoms with van der Waals surface area (Å²) in [5.74, 6) is -0.637. The molecule has 1 aliphatic heterocycles. The fourth-order valence-electron chi connectivity index (χ4n) is 2.30. The number of fused-ring (bicyclic) bond motifs is 1. The third-order valence-corrected chi connectivity index (χ3v) is 3.83. The third-order valence-electron chi connectivity index (χ3n) is 3.17. The highest BCUT2D eigenvalue weighted by molar-refractivity contribution is 6.36. The zero-order chi connectivity index (χ0) is 13.5. The first-order valence-electron chi connectivity index (χ1n) is 5.82. The lowest BCUT2D eigenvalue weighted by molar-refractivity contribution is 0.0487. The number of alkyl halides is 1. The van der Waals surface area contributed by atoms with Crippen LogP contribution in [-0.2, 0) is 0 Å². The van der Waals surface area contributed by atoms with Crippen LogP contribution in [0.15, 0.2) is 12.1 Å². The highest BCUT2D eigenvalue weighted by Gasteiger charge is 2.46. The minimum absolute atomic E-state index is 0.0429. The molecular weight excluding hydrogens is 256 g/mol. The van der Waals surface area contributed by atoms with Crippen molar-refractivity contribution in [3.63, 3.8) is 0 Å². The van der Waals surface area contributed by atoms with Crippen LogP contribution in [0, 0.1) is 0 Å². The van der Waals surface area contributed by atoms with Gasteiger partial charge in [0.1, 0.15) is 33.8 Å². The van der Waals surface area contributed by atoms with E-state index in [1.807, 2.05) is 6.92 Å². The number of ether oxygens (including phenoxy) is 1. The largest absolute Gasteiger partial charge is 0.508 e. The quantitative estimate of drug-likeness (QED) is 0.811. The number of rotatable bonds is 2. The third kappa shape index (κ3) is 1.90. The number of benzene rings is 1. The SMILES string of the molecule is CCCC1(C)Oc2cc(O)cc(O)c2C(=O)C1Cl. The summed E-state index contributed by atoms with van der Waals surface area (Å²) >= 11 is 6.14. The molecule has 0 spiro atoms. The molecular formula is C13H15ClO4. The summed E-state index contributed by atoms with van der Waals surface area (Å²) in [6.45, 7) is 3.73. The van der Waals surface area contributed by atoms with Crippen LogP contribution >= 0.6 is 11.6 Å². The Morgan fingerprint density at radius 2 is 2.11 bits per heavy atom. The van der Waals surface area contributed by atoms with Gasteiger partial charge in [0.2, 0.25) is 0 Å². The highest BCUT2D eigenvalue weighted by atomic mass is 35.5. The lowest BCUT2D eigenvalue weighted by Gasteiger charge is -2.38. The number of carbonyl (C=O) groups excluding carboxylic acids is 1. The minimum Gasteiger partial charge on any atom is -0.508 e. The van der Waals surface area contributed by atoms with Crippen LogP contribution in [0.4, 0.5) is 0 Å². The summed E-state index contributed by atoms with van der Waals surface area (Å²) in [5, 5.41) is 18.3. The maximum absolute atomic E-state index is 12.2. The van der Waals surface area contributed by atoms with Gasteiger partial charge in [0.05, 0.1) is 0 Å². The lowest BCUT2D eigenvalue weighted by Crippen LogP contribution is -2.49. The molecule has 0 bridgehead atoms. The van der Waals surface area contributed by atoms with Crippen molar-refractivity contribution in [3.8, 4) is 17.2 Å². The number of hydrogen-bond acceptors (Lipinski definition) is 4. The molecule has 1 aromatic carbocycles. The minimum atomic E-state index is -0.847. The molecule has 18 heavy (non-hydrogen) atoms. The number of phenols is 2. The Bertz CT molecular complexity index is 500. The van der Waals surface area contributed by atoms with E-state index in [-0.39, 0.29) is 28.6 Å². The molecule has 0 aromatic heterocycles. The van der Waals surface area contributed by atoms with Crippen molar-refractivity contribution in [3.05, 3.63) is 17.7 Å². The Balaban J connectivity index is 2.54. The average molecular weight is 271 g/mol. The van der Waals surface area contributed by atoms with Crippen molar-refractivity contribution in [2.24, 2.45) is 0 Å². The molecule has 0 radical (unpaired) electrons. The number of Topliss-reactive ketones (excluding diaryl/α,β-unsaturated/α-hetero) is 1. The monoisotopic (exact) mass is 270 g/mol. The van der Waals surface area contributed by atoms with Gasteiger partial charge in [-0.25, -0.2) is 0 Å². The van der Waals surface area contributed by atoms with Crippen molar-refractivity contribution in [1.29, 1.82) is 0 Å². The first-order valence-corrected chi connectivity index (χ1v) is 6.26. The second kappa shape index (κ2) is 4.35. The normalized spacial score (nSPS) is 26.6. The first-order chi connectivity index (χ1) is 8.39. The van der Waals surface area contributed by atoms with E-state index in [4.69, 9.17) is 16.3 Å². The predicted molar refractivity (Wildman–Crippen MR) is 67.7 cm³/mol. The molecule has 2 unspecified atom stereocenters. The Hall–Kier alpha value is -1.42. The van der Waals surface area contributed by atoms with Gasteiger partial charge < -0.3 is 14.9 Å². The van der Waals surface area contributed by atoms with Crippen LogP contribution in [0.5, 0.6) is 17.2 Å². The van der Waals surface area contributed by atoms with Crippen LogP contribution in [0.2, 0.25) is 0 Å². The Morgan fingerprint density at radius 1 is 1.44 bits per heavy atom. The molecule has 5 heteroatoms. The van der Waals surface area contributed by atoms with Gasteiger partial charge in [-0.05, 0) is 13.3 Å². The van der Waals surface area contributed by atoms with Gasteiger partial charge in [0, 0.05) is 12.1 Å². The van der Waals surface area contributed by atoms with Gasteiger partial charge in [-0.1, -0.05) is 13.3 Å². The molecule has 2 rings (SSSR count). The fourth-order valence-corrected chi connectivity index (χ4v) is 2.56. The van der Waals surface area contributed by atoms with Gasteiger partial charge in [0.25, 0.3) is 0 Å². The van der Waals surface area contributed by atoms with Crippen molar-refractivity contribution in [1.82, 2.24) is 0 Å². The molecule has 0 aliphatic carbocycles. The van der Waals surface area contributed by atoms with Gasteiger partial charge in [-0.2, -0.15) is 0 Å². The summed E-state index contributed by atoms with van der Waals surface area (Å²) < 4.78 is 5.73. The number of phenolic OH excluding ortho intramolecular Hbond substituents is 2. The number of carbonyl (C=O) groups is 1. The van der Waals surface area contributed by atoms with Crippen molar-refractivity contribution in [2.75, 3.05) is 0 Å². The van der Waals surface area contributed by atoms with Crippen molar-refractivity contribution in [2.45, 2.75) is 37.7 Å². The van der Waals surface area contributed by atoms with E-state index >= 15 is 0 Å². The summed E-state index contributed by atoms with van der Waals surface area (Å²) in [6.07, 6.45) is 1.43. The highest BCUT2D eigenvalue weighted by Crippen LogP contribution is 2.43. The average Bonchev–Trinajstić information content (AvgIpc) is 2.25. The van der Waals surface area contributed by atoms with Gasteiger partial charge in [0.15, 0.2) is 5.78 Å². The molecule has 0 saturated heterocycles. The molecule has 2 N–H and O–H groups in total. The van der Waals surface area contributed by atoms with E-state index in [1.165, 1.54) is 6.07 Å². The molecule has 4 nitrogen and oxygen atoms in total. The molecule has 1 aromatic rings. The van der Waals surface area contributed by atoms with Crippen molar-refractivity contribution < 1.29 is 19.7 Å². The van der Waals surface area contributed by atoms with E-state index in [1.54, 1.807) is 6.92 Å². The van der Waals surface area contributed by atoms with Crippen LogP contribution in [0.1, 0.15) is 37.0 Å². The maximum atomic E-state index is 12.2. The molecule has 2 atom stereocenters.